The highest BCUT2D eigenvalue weighted by Crippen LogP contribution is 2.37. The van der Waals surface area contributed by atoms with Gasteiger partial charge in [-0.05, 0) is 62.4 Å². The maximum Gasteiger partial charge on any atom is 0.261 e. The molecule has 0 aromatic heterocycles. The third-order valence-corrected chi connectivity index (χ3v) is 5.73. The molecule has 0 fully saturated rings. The number of fused-ring (bicyclic) bond motifs is 1. The third kappa shape index (κ3) is 5.27. The van der Waals surface area contributed by atoms with Gasteiger partial charge in [-0.25, -0.2) is 0 Å². The van der Waals surface area contributed by atoms with Crippen molar-refractivity contribution < 1.29 is 14.3 Å². The normalized spacial score (nSPS) is 16.6. The Morgan fingerprint density at radius 1 is 1.13 bits per heavy atom. The SMILES string of the molecule is CCC(=O)N1CCc2ccc(O[C@H](CC)C(=O)NC(C)C)cc2[C@H]1c1ccc(C)cc1. The number of carbonyl (C=O) groups is 2. The van der Waals surface area contributed by atoms with E-state index >= 15 is 0 Å². The molecule has 0 radical (unpaired) electrons. The van der Waals surface area contributed by atoms with Gasteiger partial charge in [-0.2, -0.15) is 0 Å². The van der Waals surface area contributed by atoms with Crippen molar-refractivity contribution >= 4 is 11.8 Å². The Kier molecular flexibility index (Phi) is 7.37. The lowest BCUT2D eigenvalue weighted by atomic mass is 9.87. The summed E-state index contributed by atoms with van der Waals surface area (Å²) in [5.74, 6) is 0.700. The molecule has 31 heavy (non-hydrogen) atoms. The van der Waals surface area contributed by atoms with Crippen LogP contribution in [0.5, 0.6) is 5.75 Å². The number of benzene rings is 2. The summed E-state index contributed by atoms with van der Waals surface area (Å²) in [4.78, 5) is 27.2. The van der Waals surface area contributed by atoms with Crippen LogP contribution in [0.1, 0.15) is 68.8 Å². The summed E-state index contributed by atoms with van der Waals surface area (Å²) in [7, 11) is 0. The molecule has 0 spiro atoms. The highest BCUT2D eigenvalue weighted by Gasteiger charge is 2.32. The molecule has 1 aliphatic heterocycles. The molecule has 2 aromatic rings. The minimum Gasteiger partial charge on any atom is -0.481 e. The van der Waals surface area contributed by atoms with Crippen molar-refractivity contribution in [3.8, 4) is 5.75 Å². The molecule has 2 atom stereocenters. The molecule has 5 heteroatoms. The summed E-state index contributed by atoms with van der Waals surface area (Å²) < 4.78 is 6.10. The number of amides is 2. The van der Waals surface area contributed by atoms with Crippen molar-refractivity contribution in [2.45, 2.75) is 72.1 Å². The lowest BCUT2D eigenvalue weighted by molar-refractivity contribution is -0.133. The molecule has 0 unspecified atom stereocenters. The first-order valence-corrected chi connectivity index (χ1v) is 11.3. The second-order valence-electron chi connectivity index (χ2n) is 8.54. The van der Waals surface area contributed by atoms with E-state index in [1.165, 1.54) is 11.1 Å². The van der Waals surface area contributed by atoms with Crippen LogP contribution < -0.4 is 10.1 Å². The Bertz CT molecular complexity index is 921. The number of ether oxygens (including phenoxy) is 1. The van der Waals surface area contributed by atoms with Gasteiger partial charge in [0, 0.05) is 19.0 Å². The molecule has 2 amide bonds. The zero-order valence-electron chi connectivity index (χ0n) is 19.3. The van der Waals surface area contributed by atoms with Crippen molar-refractivity contribution in [3.63, 3.8) is 0 Å². The molecule has 1 heterocycles. The van der Waals surface area contributed by atoms with Crippen LogP contribution in [0.15, 0.2) is 42.5 Å². The van der Waals surface area contributed by atoms with Crippen LogP contribution in [-0.4, -0.2) is 35.4 Å². The van der Waals surface area contributed by atoms with Gasteiger partial charge in [0.05, 0.1) is 6.04 Å². The largest absolute Gasteiger partial charge is 0.481 e. The van der Waals surface area contributed by atoms with Gasteiger partial charge in [0.25, 0.3) is 5.91 Å². The van der Waals surface area contributed by atoms with E-state index in [1.54, 1.807) is 0 Å². The van der Waals surface area contributed by atoms with Gasteiger partial charge in [-0.3, -0.25) is 9.59 Å². The lowest BCUT2D eigenvalue weighted by Crippen LogP contribution is -2.41. The number of hydrogen-bond donors (Lipinski definition) is 1. The van der Waals surface area contributed by atoms with Crippen LogP contribution in [0.4, 0.5) is 0 Å². The zero-order valence-corrected chi connectivity index (χ0v) is 19.3. The average Bonchev–Trinajstić information content (AvgIpc) is 2.76. The molecule has 5 nitrogen and oxygen atoms in total. The molecule has 0 saturated carbocycles. The molecule has 0 aliphatic carbocycles. The Hall–Kier alpha value is -2.82. The highest BCUT2D eigenvalue weighted by molar-refractivity contribution is 5.81. The quantitative estimate of drug-likeness (QED) is 0.712. The van der Waals surface area contributed by atoms with Gasteiger partial charge in [0.1, 0.15) is 5.75 Å². The number of hydrogen-bond acceptors (Lipinski definition) is 3. The van der Waals surface area contributed by atoms with E-state index in [1.807, 2.05) is 44.7 Å². The average molecular weight is 423 g/mol. The van der Waals surface area contributed by atoms with Crippen LogP contribution in [0.2, 0.25) is 0 Å². The van der Waals surface area contributed by atoms with E-state index in [9.17, 15) is 9.59 Å². The molecule has 1 N–H and O–H groups in total. The molecule has 0 saturated heterocycles. The molecule has 2 aromatic carbocycles. The summed E-state index contributed by atoms with van der Waals surface area (Å²) in [6, 6.07) is 14.3. The van der Waals surface area contributed by atoms with E-state index < -0.39 is 6.10 Å². The third-order valence-electron chi connectivity index (χ3n) is 5.73. The first-order chi connectivity index (χ1) is 14.8. The Morgan fingerprint density at radius 3 is 2.45 bits per heavy atom. The van der Waals surface area contributed by atoms with E-state index in [-0.39, 0.29) is 23.9 Å². The molecular formula is C26H34N2O3. The van der Waals surface area contributed by atoms with Crippen LogP contribution in [0.3, 0.4) is 0 Å². The predicted molar refractivity (Wildman–Crippen MR) is 123 cm³/mol. The molecule has 3 rings (SSSR count). The van der Waals surface area contributed by atoms with Crippen molar-refractivity contribution in [1.82, 2.24) is 10.2 Å². The van der Waals surface area contributed by atoms with Crippen LogP contribution in [0.25, 0.3) is 0 Å². The summed E-state index contributed by atoms with van der Waals surface area (Å²) in [6.07, 6.45) is 1.32. The van der Waals surface area contributed by atoms with Crippen LogP contribution in [-0.2, 0) is 16.0 Å². The number of nitrogens with one attached hydrogen (secondary N) is 1. The number of rotatable bonds is 7. The molecule has 1 aliphatic rings. The number of nitrogens with zero attached hydrogens (tertiary/aromatic N) is 1. The maximum absolute atomic E-state index is 12.8. The fraction of sp³-hybridized carbons (Fsp3) is 0.462. The zero-order chi connectivity index (χ0) is 22.5. The Balaban J connectivity index is 1.97. The molecular weight excluding hydrogens is 388 g/mol. The van der Waals surface area contributed by atoms with Gasteiger partial charge < -0.3 is 15.0 Å². The Morgan fingerprint density at radius 2 is 1.84 bits per heavy atom. The van der Waals surface area contributed by atoms with Crippen molar-refractivity contribution in [3.05, 3.63) is 64.7 Å². The first-order valence-electron chi connectivity index (χ1n) is 11.3. The fourth-order valence-electron chi connectivity index (χ4n) is 4.11. The Labute approximate surface area is 185 Å². The summed E-state index contributed by atoms with van der Waals surface area (Å²) in [6.45, 7) is 10.5. The van der Waals surface area contributed by atoms with E-state index in [2.05, 4.69) is 42.6 Å². The standard InChI is InChI=1S/C26H34N2O3/c1-6-23(26(30)27-17(3)4)31-21-13-12-19-14-15-28(24(29)7-2)25(22(19)16-21)20-10-8-18(5)9-11-20/h8-13,16-17,23,25H,6-7,14-15H2,1-5H3,(H,27,30)/t23-,25-/m1/s1. The summed E-state index contributed by atoms with van der Waals surface area (Å²) in [5, 5.41) is 2.93. The van der Waals surface area contributed by atoms with Gasteiger partial charge >= 0.3 is 0 Å². The minimum absolute atomic E-state index is 0.0632. The molecule has 0 bridgehead atoms. The van der Waals surface area contributed by atoms with E-state index in [0.29, 0.717) is 25.1 Å². The second-order valence-corrected chi connectivity index (χ2v) is 8.54. The lowest BCUT2D eigenvalue weighted by Gasteiger charge is -2.38. The monoisotopic (exact) mass is 422 g/mol. The number of aryl methyl sites for hydroxylation is 1. The topological polar surface area (TPSA) is 58.6 Å². The molecule has 166 valence electrons. The van der Waals surface area contributed by atoms with Gasteiger partial charge in [-0.1, -0.05) is 49.7 Å². The van der Waals surface area contributed by atoms with E-state index in [0.717, 1.165) is 17.5 Å². The predicted octanol–water partition coefficient (Wildman–Crippen LogP) is 4.56. The van der Waals surface area contributed by atoms with Crippen molar-refractivity contribution in [1.29, 1.82) is 0 Å². The van der Waals surface area contributed by atoms with Crippen LogP contribution in [0, 0.1) is 6.92 Å². The first kappa shape index (κ1) is 22.9. The van der Waals surface area contributed by atoms with Crippen molar-refractivity contribution in [2.75, 3.05) is 6.54 Å². The smallest absolute Gasteiger partial charge is 0.261 e. The van der Waals surface area contributed by atoms with Crippen LogP contribution >= 0.6 is 0 Å². The van der Waals surface area contributed by atoms with Gasteiger partial charge in [0.15, 0.2) is 6.10 Å². The van der Waals surface area contributed by atoms with Gasteiger partial charge in [0.2, 0.25) is 5.91 Å². The summed E-state index contributed by atoms with van der Waals surface area (Å²) in [5.41, 5.74) is 4.58. The van der Waals surface area contributed by atoms with Crippen molar-refractivity contribution in [2.24, 2.45) is 0 Å². The summed E-state index contributed by atoms with van der Waals surface area (Å²) >= 11 is 0. The number of carbonyl (C=O) groups excluding carboxylic acids is 2. The van der Waals surface area contributed by atoms with Gasteiger partial charge in [-0.15, -0.1) is 0 Å². The maximum atomic E-state index is 12.8. The minimum atomic E-state index is -0.546. The fourth-order valence-corrected chi connectivity index (χ4v) is 4.11. The highest BCUT2D eigenvalue weighted by atomic mass is 16.5. The van der Waals surface area contributed by atoms with E-state index in [4.69, 9.17) is 4.74 Å². The second kappa shape index (κ2) is 9.99.